The summed E-state index contributed by atoms with van der Waals surface area (Å²) in [6, 6.07) is 9.42. The lowest BCUT2D eigenvalue weighted by Crippen LogP contribution is -2.38. The van der Waals surface area contributed by atoms with Gasteiger partial charge in [-0.2, -0.15) is 4.31 Å². The molecule has 0 radical (unpaired) electrons. The summed E-state index contributed by atoms with van der Waals surface area (Å²) in [5.41, 5.74) is 0.687. The van der Waals surface area contributed by atoms with Gasteiger partial charge in [0.2, 0.25) is 15.9 Å². The Morgan fingerprint density at radius 1 is 1.25 bits per heavy atom. The van der Waals surface area contributed by atoms with Gasteiger partial charge in [-0.25, -0.2) is 12.8 Å². The molecule has 1 heterocycles. The van der Waals surface area contributed by atoms with E-state index in [2.05, 4.69) is 5.32 Å². The number of sulfonamides is 1. The van der Waals surface area contributed by atoms with Crippen LogP contribution in [-0.4, -0.2) is 38.0 Å². The molecule has 0 fully saturated rings. The zero-order valence-electron chi connectivity index (χ0n) is 13.2. The van der Waals surface area contributed by atoms with Crippen molar-refractivity contribution in [1.82, 2.24) is 9.62 Å². The van der Waals surface area contributed by atoms with Crippen LogP contribution in [0.3, 0.4) is 0 Å². The number of amides is 1. The summed E-state index contributed by atoms with van der Waals surface area (Å²) in [4.78, 5) is 12.8. The van der Waals surface area contributed by atoms with Crippen molar-refractivity contribution in [2.45, 2.75) is 13.0 Å². The number of benzene rings is 1. The average molecular weight is 370 g/mol. The molecule has 5 nitrogen and oxygen atoms in total. The lowest BCUT2D eigenvalue weighted by molar-refractivity contribution is -0.120. The van der Waals surface area contributed by atoms with Gasteiger partial charge in [-0.05, 0) is 29.1 Å². The minimum Gasteiger partial charge on any atom is -0.354 e. The first-order chi connectivity index (χ1) is 11.3. The average Bonchev–Trinajstić information content (AvgIpc) is 3.00. The largest absolute Gasteiger partial charge is 0.354 e. The smallest absolute Gasteiger partial charge is 0.225 e. The summed E-state index contributed by atoms with van der Waals surface area (Å²) < 4.78 is 37.9. The molecule has 1 aromatic carbocycles. The highest BCUT2D eigenvalue weighted by atomic mass is 32.2. The Morgan fingerprint density at radius 3 is 2.54 bits per heavy atom. The fourth-order valence-electron chi connectivity index (χ4n) is 2.11. The van der Waals surface area contributed by atoms with Crippen molar-refractivity contribution < 1.29 is 17.6 Å². The molecule has 0 aliphatic heterocycles. The molecule has 130 valence electrons. The minimum absolute atomic E-state index is 0.139. The fourth-order valence-corrected chi connectivity index (χ4v) is 3.62. The van der Waals surface area contributed by atoms with Gasteiger partial charge in [-0.15, -0.1) is 11.3 Å². The number of nitrogens with one attached hydrogen (secondary N) is 1. The minimum atomic E-state index is -3.43. The Kier molecular flexibility index (Phi) is 6.47. The SMILES string of the molecule is CS(=O)(=O)N(CCNC(=O)Cc1cccs1)Cc1ccc(F)cc1. The zero-order valence-corrected chi connectivity index (χ0v) is 14.9. The highest BCUT2D eigenvalue weighted by Crippen LogP contribution is 2.10. The number of hydrogen-bond acceptors (Lipinski definition) is 4. The van der Waals surface area contributed by atoms with E-state index in [4.69, 9.17) is 0 Å². The number of halogens is 1. The first kappa shape index (κ1) is 18.6. The van der Waals surface area contributed by atoms with Crippen LogP contribution in [0.5, 0.6) is 0 Å². The van der Waals surface area contributed by atoms with Crippen molar-refractivity contribution in [1.29, 1.82) is 0 Å². The predicted molar refractivity (Wildman–Crippen MR) is 92.7 cm³/mol. The van der Waals surface area contributed by atoms with E-state index in [1.54, 1.807) is 12.1 Å². The van der Waals surface area contributed by atoms with E-state index >= 15 is 0 Å². The van der Waals surface area contributed by atoms with Gasteiger partial charge in [0, 0.05) is 24.5 Å². The van der Waals surface area contributed by atoms with Crippen LogP contribution in [0.4, 0.5) is 4.39 Å². The monoisotopic (exact) mass is 370 g/mol. The van der Waals surface area contributed by atoms with Crippen molar-refractivity contribution in [3.05, 3.63) is 58.0 Å². The van der Waals surface area contributed by atoms with Gasteiger partial charge >= 0.3 is 0 Å². The molecule has 2 rings (SSSR count). The van der Waals surface area contributed by atoms with Gasteiger partial charge in [0.15, 0.2) is 0 Å². The molecule has 0 bridgehead atoms. The molecule has 1 N–H and O–H groups in total. The number of thiophene rings is 1. The zero-order chi connectivity index (χ0) is 17.6. The quantitative estimate of drug-likeness (QED) is 0.773. The van der Waals surface area contributed by atoms with E-state index in [1.165, 1.54) is 27.8 Å². The first-order valence-corrected chi connectivity index (χ1v) is 10.1. The van der Waals surface area contributed by atoms with Gasteiger partial charge in [0.25, 0.3) is 0 Å². The van der Waals surface area contributed by atoms with Crippen molar-refractivity contribution >= 4 is 27.3 Å². The van der Waals surface area contributed by atoms with E-state index in [0.717, 1.165) is 11.1 Å². The lowest BCUT2D eigenvalue weighted by atomic mass is 10.2. The third kappa shape index (κ3) is 6.03. The molecule has 1 aromatic heterocycles. The van der Waals surface area contributed by atoms with Gasteiger partial charge < -0.3 is 5.32 Å². The molecule has 0 saturated carbocycles. The highest BCUT2D eigenvalue weighted by Gasteiger charge is 2.17. The van der Waals surface area contributed by atoms with Crippen LogP contribution >= 0.6 is 11.3 Å². The number of nitrogens with zero attached hydrogens (tertiary/aromatic N) is 1. The first-order valence-electron chi connectivity index (χ1n) is 7.33. The number of hydrogen-bond donors (Lipinski definition) is 1. The Bertz CT molecular complexity index is 759. The second-order valence-corrected chi connectivity index (χ2v) is 8.34. The summed E-state index contributed by atoms with van der Waals surface area (Å²) in [5, 5.41) is 4.62. The summed E-state index contributed by atoms with van der Waals surface area (Å²) in [6.45, 7) is 0.519. The van der Waals surface area contributed by atoms with Crippen LogP contribution in [0.1, 0.15) is 10.4 Å². The topological polar surface area (TPSA) is 66.5 Å². The third-order valence-electron chi connectivity index (χ3n) is 3.34. The maximum Gasteiger partial charge on any atom is 0.225 e. The molecule has 0 atom stereocenters. The molecular weight excluding hydrogens is 351 g/mol. The lowest BCUT2D eigenvalue weighted by Gasteiger charge is -2.20. The van der Waals surface area contributed by atoms with Gasteiger partial charge in [-0.3, -0.25) is 4.79 Å². The van der Waals surface area contributed by atoms with E-state index < -0.39 is 10.0 Å². The summed E-state index contributed by atoms with van der Waals surface area (Å²) in [7, 11) is -3.43. The third-order valence-corrected chi connectivity index (χ3v) is 5.47. The van der Waals surface area contributed by atoms with Crippen molar-refractivity contribution in [3.8, 4) is 0 Å². The van der Waals surface area contributed by atoms with Gasteiger partial charge in [0.05, 0.1) is 12.7 Å². The predicted octanol–water partition coefficient (Wildman–Crippen LogP) is 2.01. The van der Waals surface area contributed by atoms with Crippen LogP contribution in [0.25, 0.3) is 0 Å². The van der Waals surface area contributed by atoms with Crippen LogP contribution in [0.2, 0.25) is 0 Å². The summed E-state index contributed by atoms with van der Waals surface area (Å²) >= 11 is 1.50. The van der Waals surface area contributed by atoms with Gasteiger partial charge in [-0.1, -0.05) is 18.2 Å². The van der Waals surface area contributed by atoms with E-state index in [0.29, 0.717) is 5.56 Å². The Labute approximate surface area is 145 Å². The molecule has 1 amide bonds. The molecule has 0 aliphatic rings. The summed E-state index contributed by atoms with van der Waals surface area (Å²) in [6.07, 6.45) is 1.40. The maximum absolute atomic E-state index is 12.9. The van der Waals surface area contributed by atoms with Crippen LogP contribution in [-0.2, 0) is 27.8 Å². The van der Waals surface area contributed by atoms with Crippen LogP contribution in [0.15, 0.2) is 41.8 Å². The number of carbonyl (C=O) groups is 1. The molecule has 0 spiro atoms. The molecule has 8 heteroatoms. The Hall–Kier alpha value is -1.77. The molecule has 2 aromatic rings. The number of carbonyl (C=O) groups excluding carboxylic acids is 1. The van der Waals surface area contributed by atoms with Gasteiger partial charge in [0.1, 0.15) is 5.82 Å². The molecule has 0 aliphatic carbocycles. The highest BCUT2D eigenvalue weighted by molar-refractivity contribution is 7.88. The Balaban J connectivity index is 1.87. The standard InChI is InChI=1S/C16H19FN2O3S2/c1-24(21,22)19(12-13-4-6-14(17)7-5-13)9-8-18-16(20)11-15-3-2-10-23-15/h2-7,10H,8-9,11-12H2,1H3,(H,18,20). The Morgan fingerprint density at radius 2 is 1.96 bits per heavy atom. The molecular formula is C16H19FN2O3S2. The van der Waals surface area contributed by atoms with Crippen molar-refractivity contribution in [2.24, 2.45) is 0 Å². The molecule has 0 unspecified atom stereocenters. The van der Waals surface area contributed by atoms with Crippen LogP contribution in [0, 0.1) is 5.82 Å². The summed E-state index contributed by atoms with van der Waals surface area (Å²) in [5.74, 6) is -0.516. The second kappa shape index (κ2) is 8.36. The maximum atomic E-state index is 12.9. The number of rotatable bonds is 8. The second-order valence-electron chi connectivity index (χ2n) is 5.33. The van der Waals surface area contributed by atoms with E-state index in [9.17, 15) is 17.6 Å². The van der Waals surface area contributed by atoms with Crippen LogP contribution < -0.4 is 5.32 Å². The normalized spacial score (nSPS) is 11.6. The molecule has 24 heavy (non-hydrogen) atoms. The molecule has 0 saturated heterocycles. The van der Waals surface area contributed by atoms with Crippen molar-refractivity contribution in [2.75, 3.05) is 19.3 Å². The fraction of sp³-hybridized carbons (Fsp3) is 0.312. The van der Waals surface area contributed by atoms with E-state index in [1.807, 2.05) is 17.5 Å². The van der Waals surface area contributed by atoms with Crippen molar-refractivity contribution in [3.63, 3.8) is 0 Å². The van der Waals surface area contributed by atoms with E-state index in [-0.39, 0.29) is 37.8 Å².